The number of carbonyl (C=O) groups is 1. The highest BCUT2D eigenvalue weighted by atomic mass is 16.1. The number of hydrogen-bond donors (Lipinski definition) is 2. The van der Waals surface area contributed by atoms with Gasteiger partial charge in [0.2, 0.25) is 5.91 Å². The highest BCUT2D eigenvalue weighted by Gasteiger charge is 2.12. The van der Waals surface area contributed by atoms with E-state index in [9.17, 15) is 4.79 Å². The Hall–Kier alpha value is -0.610. The van der Waals surface area contributed by atoms with Crippen molar-refractivity contribution in [1.82, 2.24) is 4.90 Å². The first-order chi connectivity index (χ1) is 5.43. The minimum absolute atomic E-state index is 0.439. The molecule has 4 nitrogen and oxygen atoms in total. The van der Waals surface area contributed by atoms with Gasteiger partial charge < -0.3 is 16.4 Å². The van der Waals surface area contributed by atoms with E-state index in [0.717, 1.165) is 6.54 Å². The van der Waals surface area contributed by atoms with E-state index >= 15 is 0 Å². The molecule has 0 aliphatic rings. The highest BCUT2D eigenvalue weighted by Crippen LogP contribution is 1.95. The number of rotatable bonds is 5. The van der Waals surface area contributed by atoms with Crippen molar-refractivity contribution in [3.63, 3.8) is 0 Å². The van der Waals surface area contributed by atoms with Gasteiger partial charge in [-0.1, -0.05) is 13.8 Å². The van der Waals surface area contributed by atoms with Gasteiger partial charge in [0.05, 0.1) is 6.04 Å². The van der Waals surface area contributed by atoms with Gasteiger partial charge in [0.25, 0.3) is 0 Å². The molecule has 0 spiro atoms. The van der Waals surface area contributed by atoms with Crippen molar-refractivity contribution >= 4 is 5.91 Å². The standard InChI is InChI=1S/C8H19N3O/c1-6(2)4-11(3)5-7(9)8(10)12/h6-7H,4-5,9H2,1-3H3,(H2,10,12). The lowest BCUT2D eigenvalue weighted by atomic mass is 10.2. The smallest absolute Gasteiger partial charge is 0.235 e. The second-order valence-corrected chi connectivity index (χ2v) is 3.62. The second kappa shape index (κ2) is 5.11. The third-order valence-corrected chi connectivity index (χ3v) is 1.55. The van der Waals surface area contributed by atoms with Crippen LogP contribution in [-0.2, 0) is 4.79 Å². The predicted molar refractivity (Wildman–Crippen MR) is 49.5 cm³/mol. The van der Waals surface area contributed by atoms with Gasteiger partial charge >= 0.3 is 0 Å². The minimum atomic E-state index is -0.547. The van der Waals surface area contributed by atoms with E-state index in [-0.39, 0.29) is 0 Å². The first-order valence-electron chi connectivity index (χ1n) is 4.17. The normalized spacial score (nSPS) is 13.8. The Kier molecular flexibility index (Phi) is 4.85. The van der Waals surface area contributed by atoms with E-state index in [0.29, 0.717) is 12.5 Å². The van der Waals surface area contributed by atoms with Gasteiger partial charge in [-0.25, -0.2) is 0 Å². The third kappa shape index (κ3) is 5.09. The van der Waals surface area contributed by atoms with Crippen molar-refractivity contribution in [3.8, 4) is 0 Å². The maximum atomic E-state index is 10.6. The van der Waals surface area contributed by atoms with Crippen molar-refractivity contribution in [2.75, 3.05) is 20.1 Å². The van der Waals surface area contributed by atoms with E-state index in [1.165, 1.54) is 0 Å². The molecule has 4 heteroatoms. The van der Waals surface area contributed by atoms with Crippen LogP contribution in [0.5, 0.6) is 0 Å². The Bertz CT molecular complexity index is 147. The summed E-state index contributed by atoms with van der Waals surface area (Å²) in [5.41, 5.74) is 10.5. The van der Waals surface area contributed by atoms with Gasteiger partial charge in [0, 0.05) is 13.1 Å². The fourth-order valence-electron chi connectivity index (χ4n) is 1.12. The molecule has 1 amide bonds. The molecule has 0 aliphatic carbocycles. The summed E-state index contributed by atoms with van der Waals surface area (Å²) in [6.07, 6.45) is 0. The molecular weight excluding hydrogens is 154 g/mol. The van der Waals surface area contributed by atoms with Crippen LogP contribution < -0.4 is 11.5 Å². The monoisotopic (exact) mass is 173 g/mol. The summed E-state index contributed by atoms with van der Waals surface area (Å²) in [6.45, 7) is 5.70. The topological polar surface area (TPSA) is 72.3 Å². The maximum absolute atomic E-state index is 10.6. The molecule has 1 atom stereocenters. The van der Waals surface area contributed by atoms with Crippen LogP contribution in [0.25, 0.3) is 0 Å². The fourth-order valence-corrected chi connectivity index (χ4v) is 1.12. The summed E-state index contributed by atoms with van der Waals surface area (Å²) in [5, 5.41) is 0. The molecule has 0 rings (SSSR count). The third-order valence-electron chi connectivity index (χ3n) is 1.55. The second-order valence-electron chi connectivity index (χ2n) is 3.62. The number of likely N-dealkylation sites (N-methyl/N-ethyl adjacent to an activating group) is 1. The molecule has 12 heavy (non-hydrogen) atoms. The molecule has 0 aromatic heterocycles. The van der Waals surface area contributed by atoms with Gasteiger partial charge in [-0.15, -0.1) is 0 Å². The fraction of sp³-hybridized carbons (Fsp3) is 0.875. The lowest BCUT2D eigenvalue weighted by molar-refractivity contribution is -0.119. The molecule has 0 aromatic carbocycles. The summed E-state index contributed by atoms with van der Waals surface area (Å²) in [5.74, 6) is 0.140. The van der Waals surface area contributed by atoms with E-state index in [1.54, 1.807) is 0 Å². The summed E-state index contributed by atoms with van der Waals surface area (Å²) in [4.78, 5) is 12.6. The minimum Gasteiger partial charge on any atom is -0.368 e. The molecule has 0 radical (unpaired) electrons. The molecule has 1 unspecified atom stereocenters. The molecule has 0 saturated heterocycles. The quantitative estimate of drug-likeness (QED) is 0.582. The summed E-state index contributed by atoms with van der Waals surface area (Å²) < 4.78 is 0. The molecule has 0 bridgehead atoms. The maximum Gasteiger partial charge on any atom is 0.235 e. The van der Waals surface area contributed by atoms with Crippen LogP contribution in [0.15, 0.2) is 0 Å². The predicted octanol–water partition coefficient (Wildman–Crippen LogP) is -0.613. The van der Waals surface area contributed by atoms with Gasteiger partial charge in [-0.05, 0) is 13.0 Å². The van der Waals surface area contributed by atoms with Crippen LogP contribution >= 0.6 is 0 Å². The molecule has 0 heterocycles. The zero-order valence-corrected chi connectivity index (χ0v) is 8.08. The number of primary amides is 1. The molecule has 0 aromatic rings. The Morgan fingerprint density at radius 2 is 1.92 bits per heavy atom. The summed E-state index contributed by atoms with van der Waals surface area (Å²) in [6, 6.07) is -0.547. The van der Waals surface area contributed by atoms with Crippen molar-refractivity contribution in [3.05, 3.63) is 0 Å². The average molecular weight is 173 g/mol. The zero-order valence-electron chi connectivity index (χ0n) is 8.08. The van der Waals surface area contributed by atoms with Gasteiger partial charge in [-0.2, -0.15) is 0 Å². The highest BCUT2D eigenvalue weighted by molar-refractivity contribution is 5.79. The van der Waals surface area contributed by atoms with Gasteiger partial charge in [0.1, 0.15) is 0 Å². The average Bonchev–Trinajstić information content (AvgIpc) is 1.84. The van der Waals surface area contributed by atoms with Crippen molar-refractivity contribution in [2.24, 2.45) is 17.4 Å². The molecule has 4 N–H and O–H groups in total. The first kappa shape index (κ1) is 11.4. The number of carbonyl (C=O) groups excluding carboxylic acids is 1. The Morgan fingerprint density at radius 1 is 1.42 bits per heavy atom. The van der Waals surface area contributed by atoms with Crippen LogP contribution in [0.4, 0.5) is 0 Å². The molecule has 0 aliphatic heterocycles. The van der Waals surface area contributed by atoms with Crippen molar-refractivity contribution < 1.29 is 4.79 Å². The SMILES string of the molecule is CC(C)CN(C)CC(N)C(N)=O. The Balaban J connectivity index is 3.68. The van der Waals surface area contributed by atoms with Crippen LogP contribution in [0.1, 0.15) is 13.8 Å². The number of nitrogens with two attached hydrogens (primary N) is 2. The number of hydrogen-bond acceptors (Lipinski definition) is 3. The molecule has 72 valence electrons. The van der Waals surface area contributed by atoms with Crippen LogP contribution in [-0.4, -0.2) is 37.0 Å². The molecular formula is C8H19N3O. The lowest BCUT2D eigenvalue weighted by Crippen LogP contribution is -2.45. The summed E-state index contributed by atoms with van der Waals surface area (Å²) in [7, 11) is 1.93. The number of amides is 1. The Labute approximate surface area is 73.9 Å². The van der Waals surface area contributed by atoms with Gasteiger partial charge in [-0.3, -0.25) is 4.79 Å². The lowest BCUT2D eigenvalue weighted by Gasteiger charge is -2.20. The van der Waals surface area contributed by atoms with Crippen LogP contribution in [0.2, 0.25) is 0 Å². The Morgan fingerprint density at radius 3 is 2.25 bits per heavy atom. The van der Waals surface area contributed by atoms with E-state index in [4.69, 9.17) is 11.5 Å². The zero-order chi connectivity index (χ0) is 9.72. The molecule has 0 fully saturated rings. The largest absolute Gasteiger partial charge is 0.368 e. The number of nitrogens with zero attached hydrogens (tertiary/aromatic N) is 1. The summed E-state index contributed by atoms with van der Waals surface area (Å²) >= 11 is 0. The van der Waals surface area contributed by atoms with Crippen molar-refractivity contribution in [1.29, 1.82) is 0 Å². The van der Waals surface area contributed by atoms with E-state index in [2.05, 4.69) is 13.8 Å². The van der Waals surface area contributed by atoms with Crippen LogP contribution in [0, 0.1) is 5.92 Å². The van der Waals surface area contributed by atoms with Gasteiger partial charge in [0.15, 0.2) is 0 Å². The van der Waals surface area contributed by atoms with Crippen molar-refractivity contribution in [2.45, 2.75) is 19.9 Å². The molecule has 0 saturated carbocycles. The van der Waals surface area contributed by atoms with Crippen LogP contribution in [0.3, 0.4) is 0 Å². The first-order valence-corrected chi connectivity index (χ1v) is 4.17. The van der Waals surface area contributed by atoms with E-state index in [1.807, 2.05) is 11.9 Å². The van der Waals surface area contributed by atoms with E-state index < -0.39 is 11.9 Å².